The molecule has 1 amide bonds. The number of hydrogen-bond acceptors (Lipinski definition) is 5. The van der Waals surface area contributed by atoms with Gasteiger partial charge in [-0.1, -0.05) is 23.7 Å². The third kappa shape index (κ3) is 4.48. The Hall–Kier alpha value is -3.32. The molecule has 1 N–H and O–H groups in total. The van der Waals surface area contributed by atoms with Gasteiger partial charge in [-0.3, -0.25) is 14.4 Å². The molecule has 8 heteroatoms. The highest BCUT2D eigenvalue weighted by Crippen LogP contribution is 2.27. The van der Waals surface area contributed by atoms with Crippen LogP contribution in [0.4, 0.5) is 0 Å². The Morgan fingerprint density at radius 1 is 1.22 bits per heavy atom. The number of carboxylic acid groups (broad SMARTS) is 1. The van der Waals surface area contributed by atoms with E-state index in [1.165, 1.54) is 4.90 Å². The molecule has 1 fully saturated rings. The van der Waals surface area contributed by atoms with E-state index < -0.39 is 11.9 Å². The molecule has 1 atom stereocenters. The average molecular weight is 456 g/mol. The molecule has 0 bridgehead atoms. The van der Waals surface area contributed by atoms with Crippen molar-refractivity contribution < 1.29 is 23.8 Å². The number of benzene rings is 2. The van der Waals surface area contributed by atoms with E-state index in [9.17, 15) is 19.5 Å². The molecule has 3 aromatic rings. The van der Waals surface area contributed by atoms with Gasteiger partial charge in [-0.2, -0.15) is 0 Å². The summed E-state index contributed by atoms with van der Waals surface area (Å²) in [6.45, 7) is 2.21. The topological polar surface area (TPSA) is 97.1 Å². The zero-order valence-electron chi connectivity index (χ0n) is 17.5. The van der Waals surface area contributed by atoms with Crippen LogP contribution in [-0.4, -0.2) is 41.6 Å². The van der Waals surface area contributed by atoms with Crippen LogP contribution in [0.5, 0.6) is 5.75 Å². The molecule has 32 heavy (non-hydrogen) atoms. The number of carboxylic acids is 1. The number of halogens is 1. The summed E-state index contributed by atoms with van der Waals surface area (Å²) in [5.41, 5.74) is 1.38. The monoisotopic (exact) mass is 455 g/mol. The molecule has 0 saturated carbocycles. The minimum absolute atomic E-state index is 0.165. The van der Waals surface area contributed by atoms with Crippen molar-refractivity contribution in [2.75, 3.05) is 19.7 Å². The van der Waals surface area contributed by atoms with Crippen molar-refractivity contribution in [1.29, 1.82) is 0 Å². The first-order valence-electron chi connectivity index (χ1n) is 10.3. The highest BCUT2D eigenvalue weighted by molar-refractivity contribution is 6.30. The Kier molecular flexibility index (Phi) is 6.19. The molecule has 1 aliphatic rings. The summed E-state index contributed by atoms with van der Waals surface area (Å²) in [6.07, 6.45) is 1.22. The van der Waals surface area contributed by atoms with Crippen LogP contribution < -0.4 is 10.2 Å². The van der Waals surface area contributed by atoms with E-state index in [4.69, 9.17) is 20.8 Å². The molecular formula is C24H22ClNO6. The number of carbonyl (C=O) groups is 2. The molecule has 1 saturated heterocycles. The number of nitrogens with zero attached hydrogens (tertiary/aromatic N) is 1. The number of piperidine rings is 1. The van der Waals surface area contributed by atoms with Crippen molar-refractivity contribution in [2.24, 2.45) is 5.92 Å². The normalized spacial score (nSPS) is 16.2. The lowest BCUT2D eigenvalue weighted by molar-refractivity contribution is -0.146. The Balaban J connectivity index is 1.52. The fraction of sp³-hybridized carbons (Fsp3) is 0.292. The first-order chi connectivity index (χ1) is 15.3. The second-order valence-electron chi connectivity index (χ2n) is 7.83. The number of amides is 1. The maximum Gasteiger partial charge on any atom is 0.308 e. The van der Waals surface area contributed by atoms with Crippen molar-refractivity contribution >= 4 is 34.4 Å². The molecule has 0 unspecified atom stereocenters. The van der Waals surface area contributed by atoms with E-state index in [1.54, 1.807) is 49.4 Å². The summed E-state index contributed by atoms with van der Waals surface area (Å²) in [4.78, 5) is 38.2. The number of fused-ring (bicyclic) bond motifs is 1. The molecular weight excluding hydrogens is 434 g/mol. The summed E-state index contributed by atoms with van der Waals surface area (Å²) in [7, 11) is 0. The standard InChI is InChI=1S/C24H22ClNO6/c1-14-22(15-4-6-17(25)7-5-15)23(28)19-9-8-18(11-20(19)32-14)31-13-21(27)26-10-2-3-16(12-26)24(29)30/h4-9,11,16H,2-3,10,12-13H2,1H3,(H,29,30)/t16-/m1/s1. The van der Waals surface area contributed by atoms with Gasteiger partial charge >= 0.3 is 5.97 Å². The summed E-state index contributed by atoms with van der Waals surface area (Å²) in [5, 5.41) is 10.2. The fourth-order valence-electron chi connectivity index (χ4n) is 3.97. The lowest BCUT2D eigenvalue weighted by Crippen LogP contribution is -2.44. The highest BCUT2D eigenvalue weighted by Gasteiger charge is 2.28. The quantitative estimate of drug-likeness (QED) is 0.621. The number of aryl methyl sites for hydroxylation is 1. The Morgan fingerprint density at radius 2 is 1.97 bits per heavy atom. The predicted molar refractivity (Wildman–Crippen MR) is 120 cm³/mol. The van der Waals surface area contributed by atoms with Gasteiger partial charge in [0.1, 0.15) is 17.1 Å². The first kappa shape index (κ1) is 21.9. The van der Waals surface area contributed by atoms with Gasteiger partial charge < -0.3 is 19.2 Å². The van der Waals surface area contributed by atoms with Crippen LogP contribution in [0.3, 0.4) is 0 Å². The van der Waals surface area contributed by atoms with E-state index in [-0.39, 0.29) is 24.5 Å². The van der Waals surface area contributed by atoms with Gasteiger partial charge in [0.25, 0.3) is 5.91 Å². The zero-order valence-corrected chi connectivity index (χ0v) is 18.2. The lowest BCUT2D eigenvalue weighted by atomic mass is 9.98. The van der Waals surface area contributed by atoms with Gasteiger partial charge in [0.2, 0.25) is 5.43 Å². The van der Waals surface area contributed by atoms with E-state index in [1.807, 2.05) is 0 Å². The van der Waals surface area contributed by atoms with Crippen molar-refractivity contribution in [2.45, 2.75) is 19.8 Å². The van der Waals surface area contributed by atoms with Crippen molar-refractivity contribution in [3.05, 3.63) is 63.5 Å². The molecule has 0 aliphatic carbocycles. The predicted octanol–water partition coefficient (Wildman–Crippen LogP) is 4.12. The number of rotatable bonds is 5. The maximum atomic E-state index is 13.1. The van der Waals surface area contributed by atoms with E-state index in [0.29, 0.717) is 52.5 Å². The van der Waals surface area contributed by atoms with Crippen molar-refractivity contribution in [3.63, 3.8) is 0 Å². The van der Waals surface area contributed by atoms with E-state index in [0.717, 1.165) is 5.56 Å². The Morgan fingerprint density at radius 3 is 2.69 bits per heavy atom. The van der Waals surface area contributed by atoms with Crippen LogP contribution in [0.2, 0.25) is 5.02 Å². The largest absolute Gasteiger partial charge is 0.484 e. The minimum atomic E-state index is -0.888. The average Bonchev–Trinajstić information content (AvgIpc) is 2.78. The summed E-state index contributed by atoms with van der Waals surface area (Å²) >= 11 is 5.95. The van der Waals surface area contributed by atoms with E-state index >= 15 is 0 Å². The van der Waals surface area contributed by atoms with E-state index in [2.05, 4.69) is 0 Å². The Labute approximate surface area is 189 Å². The number of hydrogen-bond donors (Lipinski definition) is 1. The van der Waals surface area contributed by atoms with Gasteiger partial charge in [-0.05, 0) is 49.6 Å². The van der Waals surface area contributed by atoms with Crippen LogP contribution in [0.1, 0.15) is 18.6 Å². The fourth-order valence-corrected chi connectivity index (χ4v) is 4.09. The second-order valence-corrected chi connectivity index (χ2v) is 8.27. The first-order valence-corrected chi connectivity index (χ1v) is 10.7. The van der Waals surface area contributed by atoms with Gasteiger partial charge in [-0.15, -0.1) is 0 Å². The molecule has 0 radical (unpaired) electrons. The molecule has 4 rings (SSSR count). The Bertz CT molecular complexity index is 1230. The molecule has 0 spiro atoms. The molecule has 2 heterocycles. The molecule has 7 nitrogen and oxygen atoms in total. The molecule has 1 aromatic heterocycles. The second kappa shape index (κ2) is 9.04. The molecule has 166 valence electrons. The molecule has 2 aromatic carbocycles. The van der Waals surface area contributed by atoms with Gasteiger partial charge in [-0.25, -0.2) is 0 Å². The number of carbonyl (C=O) groups excluding carboxylic acids is 1. The summed E-state index contributed by atoms with van der Waals surface area (Å²) in [6, 6.07) is 11.8. The highest BCUT2D eigenvalue weighted by atomic mass is 35.5. The lowest BCUT2D eigenvalue weighted by Gasteiger charge is -2.30. The third-order valence-electron chi connectivity index (χ3n) is 5.66. The van der Waals surface area contributed by atoms with Gasteiger partial charge in [0.15, 0.2) is 6.61 Å². The van der Waals surface area contributed by atoms with Crippen molar-refractivity contribution in [3.8, 4) is 16.9 Å². The van der Waals surface area contributed by atoms with Crippen LogP contribution in [0.15, 0.2) is 51.7 Å². The number of aliphatic carboxylic acids is 1. The number of ether oxygens (including phenoxy) is 1. The minimum Gasteiger partial charge on any atom is -0.484 e. The van der Waals surface area contributed by atoms with Crippen LogP contribution in [0, 0.1) is 12.8 Å². The number of likely N-dealkylation sites (tertiary alicyclic amines) is 1. The van der Waals surface area contributed by atoms with Crippen LogP contribution in [-0.2, 0) is 9.59 Å². The maximum absolute atomic E-state index is 13.1. The summed E-state index contributed by atoms with van der Waals surface area (Å²) in [5.74, 6) is -0.848. The summed E-state index contributed by atoms with van der Waals surface area (Å²) < 4.78 is 11.5. The van der Waals surface area contributed by atoms with Gasteiger partial charge in [0.05, 0.1) is 16.9 Å². The zero-order chi connectivity index (χ0) is 22.8. The smallest absolute Gasteiger partial charge is 0.308 e. The molecule has 1 aliphatic heterocycles. The SMILES string of the molecule is Cc1oc2cc(OCC(=O)N3CCC[C@@H](C(=O)O)C3)ccc2c(=O)c1-c1ccc(Cl)cc1. The van der Waals surface area contributed by atoms with Crippen LogP contribution in [0.25, 0.3) is 22.1 Å². The van der Waals surface area contributed by atoms with Crippen LogP contribution >= 0.6 is 11.6 Å². The van der Waals surface area contributed by atoms with Crippen molar-refractivity contribution in [1.82, 2.24) is 4.90 Å². The van der Waals surface area contributed by atoms with Gasteiger partial charge in [0, 0.05) is 24.2 Å². The third-order valence-corrected chi connectivity index (χ3v) is 5.91.